The monoisotopic (exact) mass is 566 g/mol. The van der Waals surface area contributed by atoms with E-state index in [-0.39, 0.29) is 5.91 Å². The van der Waals surface area contributed by atoms with Crippen molar-refractivity contribution in [3.8, 4) is 11.6 Å². The Bertz CT molecular complexity index is 1570. The number of amides is 1. The maximum atomic E-state index is 12.5. The van der Waals surface area contributed by atoms with E-state index < -0.39 is 0 Å². The van der Waals surface area contributed by atoms with Gasteiger partial charge in [0.25, 0.3) is 0 Å². The van der Waals surface area contributed by atoms with Crippen molar-refractivity contribution in [2.75, 3.05) is 69.0 Å². The summed E-state index contributed by atoms with van der Waals surface area (Å²) < 4.78 is 7.86. The summed E-state index contributed by atoms with van der Waals surface area (Å²) in [6.07, 6.45) is 7.17. The summed E-state index contributed by atoms with van der Waals surface area (Å²) in [5.41, 5.74) is 3.34. The Morgan fingerprint density at radius 3 is 2.57 bits per heavy atom. The standard InChI is InChI=1S/C32H38N8O2/c1-4-31(41)34-25-21-26(35-32-33-13-9-30(36-32)40-16-10-23-7-5-6-8-27(23)40)29(42-3)22-28(25)39-14-11-24(12-15-39)38-19-17-37(2)18-20-38/h4-10,13,16,21-22,24H,1,11-12,14-15,17-20H2,2-3H3,(H,34,41)(H,33,35,36). The number of aromatic nitrogens is 3. The van der Waals surface area contributed by atoms with Gasteiger partial charge in [-0.15, -0.1) is 0 Å². The van der Waals surface area contributed by atoms with Gasteiger partial charge in [-0.25, -0.2) is 4.98 Å². The summed E-state index contributed by atoms with van der Waals surface area (Å²) in [4.78, 5) is 29.1. The van der Waals surface area contributed by atoms with Crippen LogP contribution in [0, 0.1) is 0 Å². The van der Waals surface area contributed by atoms with Crippen LogP contribution < -0.4 is 20.3 Å². The van der Waals surface area contributed by atoms with Crippen molar-refractivity contribution in [2.24, 2.45) is 0 Å². The number of fused-ring (bicyclic) bond motifs is 1. The molecule has 4 heterocycles. The summed E-state index contributed by atoms with van der Waals surface area (Å²) >= 11 is 0. The van der Waals surface area contributed by atoms with E-state index in [0.717, 1.165) is 74.5 Å². The number of benzene rings is 2. The number of hydrogen-bond donors (Lipinski definition) is 2. The topological polar surface area (TPSA) is 90.8 Å². The normalized spacial score (nSPS) is 16.9. The zero-order chi connectivity index (χ0) is 29.1. The second kappa shape index (κ2) is 12.2. The number of ether oxygens (including phenoxy) is 1. The minimum absolute atomic E-state index is 0.266. The zero-order valence-electron chi connectivity index (χ0n) is 24.3. The fraction of sp³-hybridized carbons (Fsp3) is 0.344. The molecule has 0 spiro atoms. The number of likely N-dealkylation sites (N-methyl/N-ethyl adjacent to an activating group) is 1. The van der Waals surface area contributed by atoms with E-state index in [4.69, 9.17) is 9.72 Å². The van der Waals surface area contributed by atoms with E-state index in [0.29, 0.717) is 29.1 Å². The van der Waals surface area contributed by atoms with Crippen molar-refractivity contribution in [3.05, 3.63) is 73.6 Å². The number of anilines is 4. The second-order valence-electron chi connectivity index (χ2n) is 10.9. The first kappa shape index (κ1) is 27.7. The molecule has 0 saturated carbocycles. The molecule has 4 aromatic rings. The fourth-order valence-corrected chi connectivity index (χ4v) is 5.99. The van der Waals surface area contributed by atoms with Crippen LogP contribution in [-0.4, -0.2) is 89.7 Å². The molecule has 2 N–H and O–H groups in total. The minimum Gasteiger partial charge on any atom is -0.494 e. The number of piperazine rings is 1. The van der Waals surface area contributed by atoms with Gasteiger partial charge in [0.05, 0.1) is 29.7 Å². The molecular formula is C32H38N8O2. The summed E-state index contributed by atoms with van der Waals surface area (Å²) in [5.74, 6) is 1.54. The van der Waals surface area contributed by atoms with Gasteiger partial charge in [0.2, 0.25) is 11.9 Å². The largest absolute Gasteiger partial charge is 0.494 e. The molecule has 2 aromatic carbocycles. The molecular weight excluding hydrogens is 528 g/mol. The first-order valence-electron chi connectivity index (χ1n) is 14.5. The number of para-hydroxylation sites is 1. The highest BCUT2D eigenvalue weighted by atomic mass is 16.5. The molecule has 6 rings (SSSR count). The number of carbonyl (C=O) groups excluding carboxylic acids is 1. The molecule has 2 fully saturated rings. The Hall–Kier alpha value is -4.41. The molecule has 0 bridgehead atoms. The number of rotatable bonds is 8. The van der Waals surface area contributed by atoms with E-state index in [9.17, 15) is 4.79 Å². The van der Waals surface area contributed by atoms with Gasteiger partial charge in [0, 0.05) is 63.8 Å². The lowest BCUT2D eigenvalue weighted by atomic mass is 10.0. The number of hydrogen-bond acceptors (Lipinski definition) is 8. The summed E-state index contributed by atoms with van der Waals surface area (Å²) in [6, 6.07) is 16.6. The predicted molar refractivity (Wildman–Crippen MR) is 168 cm³/mol. The molecule has 2 saturated heterocycles. The predicted octanol–water partition coefficient (Wildman–Crippen LogP) is 4.51. The van der Waals surface area contributed by atoms with Gasteiger partial charge in [-0.05, 0) is 55.6 Å². The van der Waals surface area contributed by atoms with Crippen molar-refractivity contribution < 1.29 is 9.53 Å². The Balaban J connectivity index is 1.25. The number of piperidine rings is 1. The van der Waals surface area contributed by atoms with Crippen molar-refractivity contribution in [3.63, 3.8) is 0 Å². The fourth-order valence-electron chi connectivity index (χ4n) is 5.99. The first-order chi connectivity index (χ1) is 20.5. The summed E-state index contributed by atoms with van der Waals surface area (Å²) in [7, 11) is 3.84. The van der Waals surface area contributed by atoms with Gasteiger partial charge < -0.3 is 29.7 Å². The summed E-state index contributed by atoms with van der Waals surface area (Å²) in [6.45, 7) is 9.95. The molecule has 0 aliphatic carbocycles. The maximum absolute atomic E-state index is 12.5. The Labute approximate surface area is 246 Å². The van der Waals surface area contributed by atoms with Gasteiger partial charge in [-0.3, -0.25) is 9.69 Å². The molecule has 10 nitrogen and oxygen atoms in total. The van der Waals surface area contributed by atoms with Crippen LogP contribution in [0.5, 0.6) is 5.75 Å². The smallest absolute Gasteiger partial charge is 0.247 e. The average molecular weight is 567 g/mol. The molecule has 2 aromatic heterocycles. The van der Waals surface area contributed by atoms with Crippen LogP contribution >= 0.6 is 0 Å². The molecule has 0 radical (unpaired) electrons. The number of nitrogens with zero attached hydrogens (tertiary/aromatic N) is 6. The van der Waals surface area contributed by atoms with Crippen LogP contribution in [0.1, 0.15) is 12.8 Å². The third kappa shape index (κ3) is 5.81. The van der Waals surface area contributed by atoms with E-state index in [1.807, 2.05) is 41.1 Å². The molecule has 10 heteroatoms. The van der Waals surface area contributed by atoms with Gasteiger partial charge in [-0.1, -0.05) is 24.8 Å². The van der Waals surface area contributed by atoms with Gasteiger partial charge in [-0.2, -0.15) is 4.98 Å². The molecule has 42 heavy (non-hydrogen) atoms. The van der Waals surface area contributed by atoms with Gasteiger partial charge in [0.15, 0.2) is 0 Å². The van der Waals surface area contributed by atoms with Crippen LogP contribution in [0.25, 0.3) is 16.7 Å². The van der Waals surface area contributed by atoms with Crippen LogP contribution in [-0.2, 0) is 4.79 Å². The van der Waals surface area contributed by atoms with Crippen molar-refractivity contribution in [2.45, 2.75) is 18.9 Å². The lowest BCUT2D eigenvalue weighted by molar-refractivity contribution is -0.111. The quantitative estimate of drug-likeness (QED) is 0.301. The van der Waals surface area contributed by atoms with Crippen LogP contribution in [0.4, 0.5) is 23.0 Å². The van der Waals surface area contributed by atoms with Crippen LogP contribution in [0.2, 0.25) is 0 Å². The van der Waals surface area contributed by atoms with Gasteiger partial charge in [0.1, 0.15) is 11.6 Å². The highest BCUT2D eigenvalue weighted by Crippen LogP contribution is 2.39. The van der Waals surface area contributed by atoms with Crippen molar-refractivity contribution in [1.29, 1.82) is 0 Å². The molecule has 0 unspecified atom stereocenters. The number of nitrogens with one attached hydrogen (secondary N) is 2. The van der Waals surface area contributed by atoms with Crippen LogP contribution in [0.3, 0.4) is 0 Å². The van der Waals surface area contributed by atoms with E-state index in [1.54, 1.807) is 13.3 Å². The average Bonchev–Trinajstić information content (AvgIpc) is 3.46. The maximum Gasteiger partial charge on any atom is 0.247 e. The SMILES string of the molecule is C=CC(=O)Nc1cc(Nc2nccc(-n3ccc4ccccc43)n2)c(OC)cc1N1CCC(N2CCN(C)CC2)CC1. The van der Waals surface area contributed by atoms with E-state index in [2.05, 4.69) is 62.1 Å². The Morgan fingerprint density at radius 1 is 1.02 bits per heavy atom. The summed E-state index contributed by atoms with van der Waals surface area (Å²) in [5, 5.41) is 7.47. The van der Waals surface area contributed by atoms with Crippen molar-refractivity contribution in [1.82, 2.24) is 24.3 Å². The van der Waals surface area contributed by atoms with Crippen LogP contribution in [0.15, 0.2) is 73.6 Å². The second-order valence-corrected chi connectivity index (χ2v) is 10.9. The molecule has 0 atom stereocenters. The first-order valence-corrected chi connectivity index (χ1v) is 14.5. The van der Waals surface area contributed by atoms with Crippen molar-refractivity contribution >= 4 is 39.8 Å². The lowest BCUT2D eigenvalue weighted by Crippen LogP contribution is -2.52. The van der Waals surface area contributed by atoms with E-state index >= 15 is 0 Å². The van der Waals surface area contributed by atoms with Gasteiger partial charge >= 0.3 is 0 Å². The molecule has 218 valence electrons. The lowest BCUT2D eigenvalue weighted by Gasteiger charge is -2.43. The molecule has 1 amide bonds. The van der Waals surface area contributed by atoms with E-state index in [1.165, 1.54) is 6.08 Å². The molecule has 2 aliphatic heterocycles. The third-order valence-corrected chi connectivity index (χ3v) is 8.35. The Kier molecular flexibility index (Phi) is 8.07. The highest BCUT2D eigenvalue weighted by Gasteiger charge is 2.28. The minimum atomic E-state index is -0.266. The molecule has 2 aliphatic rings. The third-order valence-electron chi connectivity index (χ3n) is 8.35. The number of methoxy groups -OCH3 is 1. The Morgan fingerprint density at radius 2 is 1.81 bits per heavy atom. The highest BCUT2D eigenvalue weighted by molar-refractivity contribution is 6.02. The number of carbonyl (C=O) groups is 1. The zero-order valence-corrected chi connectivity index (χ0v) is 24.3.